The highest BCUT2D eigenvalue weighted by molar-refractivity contribution is 7.99. The zero-order valence-corrected chi connectivity index (χ0v) is 13.1. The monoisotopic (exact) mass is 289 g/mol. The van der Waals surface area contributed by atoms with Gasteiger partial charge in [0.2, 0.25) is 5.91 Å². The molecule has 2 nitrogen and oxygen atoms in total. The van der Waals surface area contributed by atoms with Crippen molar-refractivity contribution >= 4 is 17.7 Å². The number of hydrogen-bond acceptors (Lipinski definition) is 2. The van der Waals surface area contributed by atoms with Crippen LogP contribution in [0.5, 0.6) is 0 Å². The van der Waals surface area contributed by atoms with Crippen LogP contribution in [0.2, 0.25) is 0 Å². The van der Waals surface area contributed by atoms with Crippen molar-refractivity contribution in [3.8, 4) is 0 Å². The van der Waals surface area contributed by atoms with Crippen LogP contribution in [0.4, 0.5) is 0 Å². The summed E-state index contributed by atoms with van der Waals surface area (Å²) >= 11 is 1.86. The average molecular weight is 289 g/mol. The van der Waals surface area contributed by atoms with E-state index in [9.17, 15) is 4.79 Å². The predicted octanol–water partition coefficient (Wildman–Crippen LogP) is 3.70. The van der Waals surface area contributed by atoms with Gasteiger partial charge in [-0.2, -0.15) is 0 Å². The molecular formula is C17H23NOS. The van der Waals surface area contributed by atoms with Crippen LogP contribution in [0.25, 0.3) is 0 Å². The second kappa shape index (κ2) is 6.98. The molecule has 0 bridgehead atoms. The van der Waals surface area contributed by atoms with E-state index in [4.69, 9.17) is 0 Å². The first-order valence-electron chi connectivity index (χ1n) is 7.21. The van der Waals surface area contributed by atoms with Gasteiger partial charge >= 0.3 is 0 Å². The Kier molecular flexibility index (Phi) is 5.30. The van der Waals surface area contributed by atoms with Crippen molar-refractivity contribution in [2.45, 2.75) is 18.7 Å². The van der Waals surface area contributed by atoms with Gasteiger partial charge in [0.1, 0.15) is 0 Å². The molecule has 3 heteroatoms. The molecule has 1 aromatic rings. The molecule has 1 aliphatic rings. The van der Waals surface area contributed by atoms with Gasteiger partial charge in [0, 0.05) is 29.7 Å². The SMILES string of the molecule is C=CCN1C[C@@H](CSc2ccccc2)[C@@H](C(C)C)C1=O. The molecule has 108 valence electrons. The van der Waals surface area contributed by atoms with Gasteiger partial charge in [-0.15, -0.1) is 18.3 Å². The lowest BCUT2D eigenvalue weighted by molar-refractivity contribution is -0.131. The van der Waals surface area contributed by atoms with Crippen LogP contribution in [-0.2, 0) is 4.79 Å². The minimum absolute atomic E-state index is 0.158. The predicted molar refractivity (Wildman–Crippen MR) is 85.8 cm³/mol. The van der Waals surface area contributed by atoms with Gasteiger partial charge in [-0.25, -0.2) is 0 Å². The van der Waals surface area contributed by atoms with E-state index in [-0.39, 0.29) is 5.92 Å². The number of thioether (sulfide) groups is 1. The third-order valence-electron chi connectivity index (χ3n) is 3.83. The molecule has 1 aliphatic heterocycles. The van der Waals surface area contributed by atoms with Gasteiger partial charge in [0.15, 0.2) is 0 Å². The number of benzene rings is 1. The van der Waals surface area contributed by atoms with Crippen molar-refractivity contribution in [3.63, 3.8) is 0 Å². The highest BCUT2D eigenvalue weighted by Gasteiger charge is 2.41. The molecule has 2 atom stereocenters. The Balaban J connectivity index is 2.01. The first kappa shape index (κ1) is 15.2. The van der Waals surface area contributed by atoms with E-state index >= 15 is 0 Å². The molecule has 1 amide bonds. The number of rotatable bonds is 6. The maximum atomic E-state index is 12.4. The third kappa shape index (κ3) is 3.45. The van der Waals surface area contributed by atoms with Crippen LogP contribution in [0, 0.1) is 17.8 Å². The van der Waals surface area contributed by atoms with E-state index in [0.29, 0.717) is 24.3 Å². The highest BCUT2D eigenvalue weighted by atomic mass is 32.2. The number of amides is 1. The molecule has 1 fully saturated rings. The molecule has 0 aromatic heterocycles. The Hall–Kier alpha value is -1.22. The Bertz CT molecular complexity index is 457. The van der Waals surface area contributed by atoms with Crippen LogP contribution in [0.1, 0.15) is 13.8 Å². The molecule has 0 N–H and O–H groups in total. The third-order valence-corrected chi connectivity index (χ3v) is 5.03. The van der Waals surface area contributed by atoms with Crippen molar-refractivity contribution in [2.75, 3.05) is 18.8 Å². The highest BCUT2D eigenvalue weighted by Crippen LogP contribution is 2.34. The molecule has 1 aromatic carbocycles. The first-order chi connectivity index (χ1) is 9.63. The Morgan fingerprint density at radius 2 is 2.10 bits per heavy atom. The molecule has 2 rings (SSSR count). The normalized spacial score (nSPS) is 22.6. The summed E-state index contributed by atoms with van der Waals surface area (Å²) in [5.74, 6) is 2.31. The Labute approximate surface area is 126 Å². The number of hydrogen-bond donors (Lipinski definition) is 0. The van der Waals surface area contributed by atoms with Gasteiger partial charge in [0.25, 0.3) is 0 Å². The van der Waals surface area contributed by atoms with E-state index in [1.165, 1.54) is 4.90 Å². The van der Waals surface area contributed by atoms with Gasteiger partial charge in [-0.05, 0) is 24.0 Å². The van der Waals surface area contributed by atoms with Crippen molar-refractivity contribution in [1.82, 2.24) is 4.90 Å². The summed E-state index contributed by atoms with van der Waals surface area (Å²) in [5.41, 5.74) is 0. The Morgan fingerprint density at radius 1 is 1.40 bits per heavy atom. The largest absolute Gasteiger partial charge is 0.338 e. The number of nitrogens with zero attached hydrogens (tertiary/aromatic N) is 1. The molecule has 0 saturated carbocycles. The quantitative estimate of drug-likeness (QED) is 0.588. The van der Waals surface area contributed by atoms with Gasteiger partial charge < -0.3 is 4.90 Å². The zero-order valence-electron chi connectivity index (χ0n) is 12.3. The minimum Gasteiger partial charge on any atom is -0.338 e. The number of likely N-dealkylation sites (tertiary alicyclic amines) is 1. The summed E-state index contributed by atoms with van der Waals surface area (Å²) in [6.07, 6.45) is 1.82. The van der Waals surface area contributed by atoms with Gasteiger partial charge in [-0.1, -0.05) is 38.1 Å². The van der Waals surface area contributed by atoms with Crippen molar-refractivity contribution in [2.24, 2.45) is 17.8 Å². The number of carbonyl (C=O) groups excluding carboxylic acids is 1. The van der Waals surface area contributed by atoms with Crippen LogP contribution < -0.4 is 0 Å². The molecule has 0 aliphatic carbocycles. The topological polar surface area (TPSA) is 20.3 Å². The van der Waals surface area contributed by atoms with Gasteiger partial charge in [0.05, 0.1) is 0 Å². The molecule has 1 saturated heterocycles. The summed E-state index contributed by atoms with van der Waals surface area (Å²) in [4.78, 5) is 15.7. The van der Waals surface area contributed by atoms with Crippen LogP contribution >= 0.6 is 11.8 Å². The fraction of sp³-hybridized carbons (Fsp3) is 0.471. The maximum absolute atomic E-state index is 12.4. The fourth-order valence-corrected chi connectivity index (χ4v) is 3.99. The summed E-state index contributed by atoms with van der Waals surface area (Å²) in [6, 6.07) is 10.4. The van der Waals surface area contributed by atoms with Gasteiger partial charge in [-0.3, -0.25) is 4.79 Å². The van der Waals surface area contributed by atoms with E-state index < -0.39 is 0 Å². The van der Waals surface area contributed by atoms with E-state index in [1.54, 1.807) is 0 Å². The van der Waals surface area contributed by atoms with Crippen molar-refractivity contribution in [3.05, 3.63) is 43.0 Å². The van der Waals surface area contributed by atoms with Crippen LogP contribution in [0.3, 0.4) is 0 Å². The molecule has 0 spiro atoms. The lowest BCUT2D eigenvalue weighted by Crippen LogP contribution is -2.29. The van der Waals surface area contributed by atoms with E-state index in [0.717, 1.165) is 12.3 Å². The van der Waals surface area contributed by atoms with Crippen LogP contribution in [-0.4, -0.2) is 29.6 Å². The molecule has 0 unspecified atom stereocenters. The average Bonchev–Trinajstić information content (AvgIpc) is 2.75. The summed E-state index contributed by atoms with van der Waals surface area (Å²) in [6.45, 7) is 9.60. The summed E-state index contributed by atoms with van der Waals surface area (Å²) in [7, 11) is 0. The molecule has 20 heavy (non-hydrogen) atoms. The lowest BCUT2D eigenvalue weighted by Gasteiger charge is -2.19. The second-order valence-corrected chi connectivity index (χ2v) is 6.78. The number of carbonyl (C=O) groups is 1. The molecule has 0 radical (unpaired) electrons. The lowest BCUT2D eigenvalue weighted by atomic mass is 9.87. The van der Waals surface area contributed by atoms with Crippen molar-refractivity contribution < 1.29 is 4.79 Å². The first-order valence-corrected chi connectivity index (χ1v) is 8.19. The maximum Gasteiger partial charge on any atom is 0.226 e. The Morgan fingerprint density at radius 3 is 2.70 bits per heavy atom. The second-order valence-electron chi connectivity index (χ2n) is 5.69. The fourth-order valence-electron chi connectivity index (χ4n) is 2.93. The standard InChI is InChI=1S/C17H23NOS/c1-4-10-18-11-14(16(13(2)3)17(18)19)12-20-15-8-6-5-7-9-15/h4-9,13-14,16H,1,10-12H2,2-3H3/t14-,16+/m0/s1. The zero-order chi connectivity index (χ0) is 14.5. The van der Waals surface area contributed by atoms with E-state index in [2.05, 4.69) is 44.7 Å². The van der Waals surface area contributed by atoms with Crippen molar-refractivity contribution in [1.29, 1.82) is 0 Å². The summed E-state index contributed by atoms with van der Waals surface area (Å²) < 4.78 is 0. The van der Waals surface area contributed by atoms with Crippen LogP contribution in [0.15, 0.2) is 47.9 Å². The molecule has 1 heterocycles. The molecular weight excluding hydrogens is 266 g/mol. The smallest absolute Gasteiger partial charge is 0.226 e. The summed E-state index contributed by atoms with van der Waals surface area (Å²) in [5, 5.41) is 0. The van der Waals surface area contributed by atoms with E-state index in [1.807, 2.05) is 28.8 Å². The minimum atomic E-state index is 0.158.